The third-order valence-electron chi connectivity index (χ3n) is 2.68. The lowest BCUT2D eigenvalue weighted by atomic mass is 10.2. The van der Waals surface area contributed by atoms with Gasteiger partial charge < -0.3 is 10.0 Å². The average molecular weight is 245 g/mol. The van der Waals surface area contributed by atoms with Crippen molar-refractivity contribution < 1.29 is 9.90 Å². The van der Waals surface area contributed by atoms with Crippen molar-refractivity contribution in [3.05, 3.63) is 0 Å². The van der Waals surface area contributed by atoms with Crippen LogP contribution >= 0.6 is 11.8 Å². The van der Waals surface area contributed by atoms with E-state index in [-0.39, 0.29) is 16.8 Å². The fourth-order valence-electron chi connectivity index (χ4n) is 1.40. The number of thioether (sulfide) groups is 1. The second kappa shape index (κ2) is 5.41. The lowest BCUT2D eigenvalue weighted by molar-refractivity contribution is -0.128. The molecule has 0 heterocycles. The Morgan fingerprint density at radius 1 is 1.50 bits per heavy atom. The molecular formula is C12H23NO2S. The summed E-state index contributed by atoms with van der Waals surface area (Å²) in [4.78, 5) is 13.4. The molecule has 0 aromatic heterocycles. The summed E-state index contributed by atoms with van der Waals surface area (Å²) in [5.41, 5.74) is 0. The molecule has 0 aliphatic heterocycles. The lowest BCUT2D eigenvalue weighted by Gasteiger charge is -2.23. The molecule has 16 heavy (non-hydrogen) atoms. The van der Waals surface area contributed by atoms with Gasteiger partial charge in [-0.25, -0.2) is 0 Å². The minimum atomic E-state index is -0.325. The molecule has 1 unspecified atom stereocenters. The van der Waals surface area contributed by atoms with Gasteiger partial charge in [0.05, 0.1) is 11.9 Å². The molecule has 1 atom stereocenters. The second-order valence-electron chi connectivity index (χ2n) is 5.58. The van der Waals surface area contributed by atoms with Gasteiger partial charge in [-0.3, -0.25) is 4.79 Å². The number of rotatable bonds is 5. The first-order valence-corrected chi connectivity index (χ1v) is 6.84. The number of carbonyl (C=O) groups is 1. The zero-order valence-electron chi connectivity index (χ0n) is 10.7. The Labute approximate surface area is 103 Å². The Morgan fingerprint density at radius 2 is 2.06 bits per heavy atom. The first-order chi connectivity index (χ1) is 7.29. The standard InChI is InChI=1S/C12H23NO2S/c1-12(2,3)16-8-11(15)13(4)7-10(14)9-5-6-9/h9-10,14H,5-8H2,1-4H3. The van der Waals surface area contributed by atoms with Crippen molar-refractivity contribution in [2.75, 3.05) is 19.3 Å². The quantitative estimate of drug-likeness (QED) is 0.802. The molecule has 1 aliphatic carbocycles. The van der Waals surface area contributed by atoms with Crippen molar-refractivity contribution in [1.82, 2.24) is 4.90 Å². The zero-order valence-corrected chi connectivity index (χ0v) is 11.5. The number of aliphatic hydroxyl groups is 1. The summed E-state index contributed by atoms with van der Waals surface area (Å²) in [6.45, 7) is 6.78. The highest BCUT2D eigenvalue weighted by atomic mass is 32.2. The average Bonchev–Trinajstić information content (AvgIpc) is 2.95. The minimum Gasteiger partial charge on any atom is -0.391 e. The van der Waals surface area contributed by atoms with E-state index in [1.165, 1.54) is 0 Å². The third kappa shape index (κ3) is 5.21. The molecule has 0 saturated heterocycles. The Bertz CT molecular complexity index is 246. The van der Waals surface area contributed by atoms with Gasteiger partial charge in [0.2, 0.25) is 5.91 Å². The van der Waals surface area contributed by atoms with E-state index < -0.39 is 0 Å². The van der Waals surface area contributed by atoms with Crippen molar-refractivity contribution in [3.8, 4) is 0 Å². The number of amides is 1. The summed E-state index contributed by atoms with van der Waals surface area (Å²) in [6.07, 6.45) is 1.90. The smallest absolute Gasteiger partial charge is 0.232 e. The van der Waals surface area contributed by atoms with Gasteiger partial charge in [-0.15, -0.1) is 11.8 Å². The summed E-state index contributed by atoms with van der Waals surface area (Å²) in [5, 5.41) is 9.74. The van der Waals surface area contributed by atoms with Crippen LogP contribution in [0, 0.1) is 5.92 Å². The number of nitrogens with zero attached hydrogens (tertiary/aromatic N) is 1. The van der Waals surface area contributed by atoms with Crippen molar-refractivity contribution in [2.24, 2.45) is 5.92 Å². The van der Waals surface area contributed by atoms with Crippen LogP contribution in [-0.2, 0) is 4.79 Å². The number of hydrogen-bond donors (Lipinski definition) is 1. The van der Waals surface area contributed by atoms with E-state index in [9.17, 15) is 9.90 Å². The molecular weight excluding hydrogens is 222 g/mol. The van der Waals surface area contributed by atoms with Gasteiger partial charge in [-0.2, -0.15) is 0 Å². The SMILES string of the molecule is CN(CC(O)C1CC1)C(=O)CSC(C)(C)C. The van der Waals surface area contributed by atoms with E-state index in [0.29, 0.717) is 18.2 Å². The van der Waals surface area contributed by atoms with Crippen LogP contribution in [0.25, 0.3) is 0 Å². The highest BCUT2D eigenvalue weighted by Crippen LogP contribution is 2.32. The molecule has 0 radical (unpaired) electrons. The molecule has 1 N–H and O–H groups in total. The molecule has 1 amide bonds. The largest absolute Gasteiger partial charge is 0.391 e. The first-order valence-electron chi connectivity index (χ1n) is 5.85. The van der Waals surface area contributed by atoms with Gasteiger partial charge in [-0.05, 0) is 18.8 Å². The number of carbonyl (C=O) groups excluding carboxylic acids is 1. The summed E-state index contributed by atoms with van der Waals surface area (Å²) >= 11 is 1.65. The maximum absolute atomic E-state index is 11.8. The number of aliphatic hydroxyl groups excluding tert-OH is 1. The minimum absolute atomic E-state index is 0.111. The van der Waals surface area contributed by atoms with Crippen molar-refractivity contribution in [2.45, 2.75) is 44.5 Å². The maximum Gasteiger partial charge on any atom is 0.232 e. The van der Waals surface area contributed by atoms with Gasteiger partial charge >= 0.3 is 0 Å². The molecule has 0 aromatic carbocycles. The molecule has 3 nitrogen and oxygen atoms in total. The monoisotopic (exact) mass is 245 g/mol. The third-order valence-corrected chi connectivity index (χ3v) is 3.94. The summed E-state index contributed by atoms with van der Waals surface area (Å²) in [7, 11) is 1.77. The molecule has 1 fully saturated rings. The Hall–Kier alpha value is -0.220. The van der Waals surface area contributed by atoms with Crippen LogP contribution in [0.3, 0.4) is 0 Å². The van der Waals surface area contributed by atoms with E-state index >= 15 is 0 Å². The van der Waals surface area contributed by atoms with Crippen LogP contribution < -0.4 is 0 Å². The predicted molar refractivity (Wildman–Crippen MR) is 68.6 cm³/mol. The molecule has 1 saturated carbocycles. The Kier molecular flexibility index (Phi) is 4.68. The molecule has 0 spiro atoms. The number of likely N-dealkylation sites (N-methyl/N-ethyl adjacent to an activating group) is 1. The molecule has 0 bridgehead atoms. The number of hydrogen-bond acceptors (Lipinski definition) is 3. The van der Waals surface area contributed by atoms with Crippen LogP contribution in [0.1, 0.15) is 33.6 Å². The van der Waals surface area contributed by atoms with Crippen LogP contribution in [0.2, 0.25) is 0 Å². The lowest BCUT2D eigenvalue weighted by Crippen LogP contribution is -2.36. The Morgan fingerprint density at radius 3 is 2.50 bits per heavy atom. The highest BCUT2D eigenvalue weighted by molar-refractivity contribution is 8.01. The van der Waals surface area contributed by atoms with Gasteiger partial charge in [0.1, 0.15) is 0 Å². The van der Waals surface area contributed by atoms with Gasteiger partial charge in [0, 0.05) is 18.3 Å². The Balaban J connectivity index is 2.24. The van der Waals surface area contributed by atoms with Crippen LogP contribution in [0.5, 0.6) is 0 Å². The molecule has 0 aromatic rings. The highest BCUT2D eigenvalue weighted by Gasteiger charge is 2.31. The van der Waals surface area contributed by atoms with E-state index in [4.69, 9.17) is 0 Å². The molecule has 1 rings (SSSR count). The fraction of sp³-hybridized carbons (Fsp3) is 0.917. The van der Waals surface area contributed by atoms with Crippen molar-refractivity contribution in [1.29, 1.82) is 0 Å². The van der Waals surface area contributed by atoms with Crippen LogP contribution in [-0.4, -0.2) is 46.1 Å². The molecule has 1 aliphatic rings. The van der Waals surface area contributed by atoms with Crippen molar-refractivity contribution >= 4 is 17.7 Å². The van der Waals surface area contributed by atoms with E-state index in [1.807, 2.05) is 0 Å². The first kappa shape index (κ1) is 13.8. The second-order valence-corrected chi connectivity index (χ2v) is 7.38. The summed E-state index contributed by atoms with van der Waals surface area (Å²) in [6, 6.07) is 0. The normalized spacial score (nSPS) is 18.3. The van der Waals surface area contributed by atoms with Gasteiger partial charge in [0.15, 0.2) is 0 Å². The summed E-state index contributed by atoms with van der Waals surface area (Å²) < 4.78 is 0.117. The van der Waals surface area contributed by atoms with Gasteiger partial charge in [-0.1, -0.05) is 20.8 Å². The topological polar surface area (TPSA) is 40.5 Å². The van der Waals surface area contributed by atoms with E-state index in [2.05, 4.69) is 20.8 Å². The summed E-state index contributed by atoms with van der Waals surface area (Å²) in [5.74, 6) is 1.04. The van der Waals surface area contributed by atoms with Crippen LogP contribution in [0.4, 0.5) is 0 Å². The van der Waals surface area contributed by atoms with E-state index in [1.54, 1.807) is 23.7 Å². The van der Waals surface area contributed by atoms with Crippen molar-refractivity contribution in [3.63, 3.8) is 0 Å². The zero-order chi connectivity index (χ0) is 12.3. The fourth-order valence-corrected chi connectivity index (χ4v) is 2.18. The predicted octanol–water partition coefficient (Wildman–Crippen LogP) is 1.75. The molecule has 94 valence electrons. The maximum atomic E-state index is 11.8. The van der Waals surface area contributed by atoms with Crippen LogP contribution in [0.15, 0.2) is 0 Å². The van der Waals surface area contributed by atoms with E-state index in [0.717, 1.165) is 12.8 Å². The molecule has 4 heteroatoms. The van der Waals surface area contributed by atoms with Gasteiger partial charge in [0.25, 0.3) is 0 Å².